The summed E-state index contributed by atoms with van der Waals surface area (Å²) in [5.41, 5.74) is -0.925. The van der Waals surface area contributed by atoms with Crippen molar-refractivity contribution in [1.29, 1.82) is 0 Å². The van der Waals surface area contributed by atoms with Crippen LogP contribution in [0.1, 0.15) is 83.1 Å². The molecule has 3 aromatic heterocycles. The molecule has 13 nitrogen and oxygen atoms in total. The molecule has 62 heavy (non-hydrogen) atoms. The standard InChI is InChI=1S/C46H49F3N6O7/c1-8-28-20-55-34(21-54(28)43(56)62-45(5,6)7)24(3)15-33-37-40(51-42(52-41(37)55)59-23-46-13-10-14-53(46)19-27(47)18-46)38(49)39(50-33)31-17-29(58-22-35-25(4)60-44(57)61-35)16-26-11-12-32(48)30(9-2)36(26)31/h2,11-12,16-17,24,27-28,34H,8,10,13-15,18-23H2,1,3-7H3/t24-,27+,28+,34+,46-/m0/s1. The fraction of sp³-hybridized carbons (Fsp3) is 0.500. The van der Waals surface area contributed by atoms with Crippen LogP contribution in [0.15, 0.2) is 37.9 Å². The Morgan fingerprint density at radius 1 is 1.08 bits per heavy atom. The van der Waals surface area contributed by atoms with Gasteiger partial charge in [0.15, 0.2) is 17.3 Å². The molecule has 4 aliphatic rings. The van der Waals surface area contributed by atoms with Crippen LogP contribution in [-0.2, 0) is 17.8 Å². The number of amides is 1. The molecule has 0 bridgehead atoms. The minimum Gasteiger partial charge on any atom is -0.485 e. The molecular formula is C46H49F3N6O7. The van der Waals surface area contributed by atoms with Gasteiger partial charge in [0.25, 0.3) is 0 Å². The zero-order valence-electron chi connectivity index (χ0n) is 35.6. The van der Waals surface area contributed by atoms with Crippen molar-refractivity contribution in [3.05, 3.63) is 69.3 Å². The van der Waals surface area contributed by atoms with Crippen molar-refractivity contribution in [1.82, 2.24) is 24.8 Å². The quantitative estimate of drug-likeness (QED) is 0.141. The largest absolute Gasteiger partial charge is 0.519 e. The Balaban J connectivity index is 1.22. The number of anilines is 1. The average Bonchev–Trinajstić information content (AvgIpc) is 3.85. The second-order valence-electron chi connectivity index (χ2n) is 18.1. The van der Waals surface area contributed by atoms with Crippen molar-refractivity contribution >= 4 is 33.6 Å². The molecule has 1 amide bonds. The summed E-state index contributed by atoms with van der Waals surface area (Å²) >= 11 is 0. The van der Waals surface area contributed by atoms with E-state index in [4.69, 9.17) is 44.4 Å². The minimum absolute atomic E-state index is 0.0648. The first-order valence-electron chi connectivity index (χ1n) is 21.2. The molecule has 4 aliphatic heterocycles. The summed E-state index contributed by atoms with van der Waals surface area (Å²) in [5, 5.41) is 1.07. The Morgan fingerprint density at radius 2 is 1.89 bits per heavy atom. The molecule has 3 fully saturated rings. The number of aryl methyl sites for hydroxylation is 1. The number of carbonyl (C=O) groups is 1. The van der Waals surface area contributed by atoms with Crippen LogP contribution in [0.4, 0.5) is 23.8 Å². The van der Waals surface area contributed by atoms with Crippen LogP contribution < -0.4 is 20.2 Å². The van der Waals surface area contributed by atoms with Gasteiger partial charge < -0.3 is 32.8 Å². The number of alkyl halides is 1. The van der Waals surface area contributed by atoms with Crippen LogP contribution in [0.25, 0.3) is 32.9 Å². The zero-order chi connectivity index (χ0) is 43.8. The van der Waals surface area contributed by atoms with Crippen LogP contribution in [0, 0.1) is 36.8 Å². The molecule has 2 aromatic carbocycles. The van der Waals surface area contributed by atoms with Crippen LogP contribution in [0.2, 0.25) is 0 Å². The molecule has 326 valence electrons. The number of piperazine rings is 1. The van der Waals surface area contributed by atoms with E-state index in [9.17, 15) is 14.0 Å². The Labute approximate surface area is 356 Å². The third-order valence-corrected chi connectivity index (χ3v) is 12.9. The molecule has 7 heterocycles. The number of ether oxygens (including phenoxy) is 3. The number of terminal acetylenes is 1. The first-order valence-corrected chi connectivity index (χ1v) is 21.2. The number of carbonyl (C=O) groups excluding carboxylic acids is 1. The van der Waals surface area contributed by atoms with Gasteiger partial charge in [-0.15, -0.1) is 6.42 Å². The molecule has 0 radical (unpaired) electrons. The second kappa shape index (κ2) is 15.5. The number of rotatable bonds is 8. The second-order valence-corrected chi connectivity index (χ2v) is 18.1. The van der Waals surface area contributed by atoms with E-state index in [1.165, 1.54) is 18.2 Å². The number of hydrogen-bond acceptors (Lipinski definition) is 12. The van der Waals surface area contributed by atoms with Gasteiger partial charge in [-0.3, -0.25) is 4.90 Å². The summed E-state index contributed by atoms with van der Waals surface area (Å²) in [6, 6.07) is 5.25. The maximum atomic E-state index is 17.9. The predicted molar refractivity (Wildman–Crippen MR) is 224 cm³/mol. The lowest BCUT2D eigenvalue weighted by atomic mass is 9.92. The molecule has 3 saturated heterocycles. The maximum absolute atomic E-state index is 17.9. The highest BCUT2D eigenvalue weighted by Gasteiger charge is 2.50. The molecular weight excluding hydrogens is 806 g/mol. The number of aromatic nitrogens is 3. The summed E-state index contributed by atoms with van der Waals surface area (Å²) < 4.78 is 76.8. The molecule has 0 N–H and O–H groups in total. The fourth-order valence-electron chi connectivity index (χ4n) is 9.91. The minimum atomic E-state index is -0.987. The van der Waals surface area contributed by atoms with Gasteiger partial charge >= 0.3 is 17.9 Å². The third kappa shape index (κ3) is 7.27. The Kier molecular flexibility index (Phi) is 10.4. The highest BCUT2D eigenvalue weighted by Crippen LogP contribution is 2.45. The Hall–Kier alpha value is -5.82. The van der Waals surface area contributed by atoms with E-state index < -0.39 is 40.9 Å². The van der Waals surface area contributed by atoms with Crippen molar-refractivity contribution in [2.45, 2.75) is 110 Å². The smallest absolute Gasteiger partial charge is 0.485 e. The summed E-state index contributed by atoms with van der Waals surface area (Å²) in [7, 11) is 0. The van der Waals surface area contributed by atoms with E-state index >= 15 is 8.78 Å². The summed E-state index contributed by atoms with van der Waals surface area (Å²) in [5.74, 6) is 0.947. The van der Waals surface area contributed by atoms with E-state index in [1.807, 2.05) is 27.7 Å². The van der Waals surface area contributed by atoms with Crippen LogP contribution >= 0.6 is 0 Å². The highest BCUT2D eigenvalue weighted by molar-refractivity contribution is 6.03. The average molecular weight is 855 g/mol. The molecule has 5 atom stereocenters. The molecule has 0 aliphatic carbocycles. The van der Waals surface area contributed by atoms with Gasteiger partial charge in [0, 0.05) is 37.0 Å². The lowest BCUT2D eigenvalue weighted by Crippen LogP contribution is -2.62. The van der Waals surface area contributed by atoms with Crippen molar-refractivity contribution in [2.24, 2.45) is 5.92 Å². The van der Waals surface area contributed by atoms with Gasteiger partial charge in [-0.2, -0.15) is 9.97 Å². The van der Waals surface area contributed by atoms with E-state index in [0.29, 0.717) is 61.2 Å². The topological polar surface area (TPSA) is 136 Å². The molecule has 0 spiro atoms. The molecule has 5 aromatic rings. The van der Waals surface area contributed by atoms with Crippen molar-refractivity contribution in [2.75, 3.05) is 37.7 Å². The number of pyridine rings is 1. The number of nitrogens with zero attached hydrogens (tertiary/aromatic N) is 6. The summed E-state index contributed by atoms with van der Waals surface area (Å²) in [6.45, 7) is 12.8. The Bertz CT molecular complexity index is 2710. The number of benzene rings is 2. The maximum Gasteiger partial charge on any atom is 0.519 e. The van der Waals surface area contributed by atoms with Crippen LogP contribution in [0.3, 0.4) is 0 Å². The van der Waals surface area contributed by atoms with Crippen molar-refractivity contribution in [3.8, 4) is 35.4 Å². The lowest BCUT2D eigenvalue weighted by Gasteiger charge is -2.48. The number of fused-ring (bicyclic) bond motifs is 4. The van der Waals surface area contributed by atoms with Gasteiger partial charge in [-0.25, -0.2) is 27.7 Å². The van der Waals surface area contributed by atoms with Crippen molar-refractivity contribution in [3.63, 3.8) is 0 Å². The summed E-state index contributed by atoms with van der Waals surface area (Å²) in [4.78, 5) is 46.3. The van der Waals surface area contributed by atoms with Gasteiger partial charge in [0.1, 0.15) is 53.6 Å². The van der Waals surface area contributed by atoms with E-state index in [-0.39, 0.29) is 82.2 Å². The van der Waals surface area contributed by atoms with E-state index in [2.05, 4.69) is 22.6 Å². The van der Waals surface area contributed by atoms with Crippen molar-refractivity contribution < 1.29 is 41.0 Å². The van der Waals surface area contributed by atoms with Crippen LogP contribution in [-0.4, -0.2) is 93.0 Å². The first-order chi connectivity index (χ1) is 29.6. The SMILES string of the molecule is C#Cc1c(F)ccc2cc(OCc3oc(=O)oc3C)cc(-c3nc4c5c(nc(OC[C@@]67CCCN6C[C@H](F)C7)nc5c3F)N3C[C@@H](CC)N(C(=O)OC(C)(C)C)C[C@@H]3[C@@H](C)C4)c12. The van der Waals surface area contributed by atoms with E-state index in [0.717, 1.165) is 19.4 Å². The highest BCUT2D eigenvalue weighted by atomic mass is 19.1. The summed E-state index contributed by atoms with van der Waals surface area (Å²) in [6.07, 6.45) is 7.43. The lowest BCUT2D eigenvalue weighted by molar-refractivity contribution is 0.00796. The fourth-order valence-corrected chi connectivity index (χ4v) is 9.91. The van der Waals surface area contributed by atoms with Gasteiger partial charge in [0.2, 0.25) is 0 Å². The normalized spacial score (nSPS) is 23.6. The molecule has 16 heteroatoms. The first kappa shape index (κ1) is 41.5. The third-order valence-electron chi connectivity index (χ3n) is 12.9. The molecule has 0 saturated carbocycles. The Morgan fingerprint density at radius 3 is 2.61 bits per heavy atom. The van der Waals surface area contributed by atoms with Gasteiger partial charge in [0.05, 0.1) is 34.3 Å². The monoisotopic (exact) mass is 854 g/mol. The zero-order valence-corrected chi connectivity index (χ0v) is 35.6. The van der Waals surface area contributed by atoms with Gasteiger partial charge in [-0.05, 0) is 89.4 Å². The number of halogens is 3. The number of hydrogen-bond donors (Lipinski definition) is 0. The predicted octanol–water partition coefficient (Wildman–Crippen LogP) is 7.89. The molecule has 0 unspecified atom stereocenters. The van der Waals surface area contributed by atoms with E-state index in [1.54, 1.807) is 17.9 Å². The van der Waals surface area contributed by atoms with Gasteiger partial charge in [-0.1, -0.05) is 25.8 Å². The molecule has 9 rings (SSSR count). The van der Waals surface area contributed by atoms with Crippen LogP contribution in [0.5, 0.6) is 11.8 Å².